The number of fused-ring (bicyclic) bond motifs is 1. The minimum atomic E-state index is -4.44. The fourth-order valence-electron chi connectivity index (χ4n) is 8.04. The molecule has 7 rings (SSSR count). The normalized spacial score (nSPS) is 18.2. The molecule has 5 heterocycles. The molecule has 2 aliphatic rings. The van der Waals surface area contributed by atoms with Crippen molar-refractivity contribution >= 4 is 46.2 Å². The van der Waals surface area contributed by atoms with E-state index in [1.807, 2.05) is 18.2 Å². The van der Waals surface area contributed by atoms with Gasteiger partial charge in [0, 0.05) is 44.6 Å². The lowest BCUT2D eigenvalue weighted by Crippen LogP contribution is -2.44. The number of amides is 4. The molecule has 1 aromatic carbocycles. The van der Waals surface area contributed by atoms with Crippen molar-refractivity contribution in [2.75, 3.05) is 43.5 Å². The maximum absolute atomic E-state index is 13.2. The standard InChI is InChI=1S/C41H48F3N11O7/c1-53-35-25(5-2-7-30(35)55(40(53)60)31-12-13-33(56)51-38(31)59)6-3-17-61-18-4-15-46-20-24-8-10-27(11-9-24)54-21-28(34(52-54)36(45)57)49-37(58)29-22-62-39(50-29)26-14-16-47-32(19-26)48-23-41(42,43)44/h2,5,7,14,16,19,21-22,24,27,31,46H,3-4,6,8-13,15,17-18,20,23H2,1H3,(H2,45,57)(H,47,48)(H,49,58)(H,51,56,59)/t24-,27-,31?. The molecule has 2 fully saturated rings. The molecule has 0 radical (unpaired) electrons. The number of halogens is 3. The Morgan fingerprint density at radius 1 is 1.06 bits per heavy atom. The fraction of sp³-hybridized carbons (Fsp3) is 0.463. The van der Waals surface area contributed by atoms with Gasteiger partial charge < -0.3 is 30.8 Å². The molecule has 6 N–H and O–H groups in total. The molecule has 1 aliphatic heterocycles. The van der Waals surface area contributed by atoms with Gasteiger partial charge in [0.05, 0.1) is 22.8 Å². The number of imide groups is 1. The summed E-state index contributed by atoms with van der Waals surface area (Å²) in [6, 6.07) is 7.75. The number of para-hydroxylation sites is 1. The van der Waals surface area contributed by atoms with E-state index in [-0.39, 0.29) is 59.3 Å². The van der Waals surface area contributed by atoms with Crippen molar-refractivity contribution in [3.63, 3.8) is 0 Å². The lowest BCUT2D eigenvalue weighted by Gasteiger charge is -2.28. The monoisotopic (exact) mass is 863 g/mol. The number of carbonyl (C=O) groups excluding carboxylic acids is 4. The molecule has 1 aliphatic carbocycles. The minimum Gasteiger partial charge on any atom is -0.444 e. The van der Waals surface area contributed by atoms with Crippen LogP contribution in [0.5, 0.6) is 0 Å². The van der Waals surface area contributed by atoms with Crippen LogP contribution in [0.2, 0.25) is 0 Å². The third kappa shape index (κ3) is 10.4. The highest BCUT2D eigenvalue weighted by Gasteiger charge is 2.32. The number of hydrogen-bond acceptors (Lipinski definition) is 12. The number of alkyl halides is 3. The number of nitrogens with zero attached hydrogens (tertiary/aromatic N) is 6. The molecule has 5 aromatic rings. The number of ether oxygens (including phenoxy) is 1. The number of nitrogens with two attached hydrogens (primary N) is 1. The topological polar surface area (TPSA) is 235 Å². The average molecular weight is 864 g/mol. The summed E-state index contributed by atoms with van der Waals surface area (Å²) in [5.41, 5.74) is 7.94. The largest absolute Gasteiger partial charge is 0.444 e. The number of pyridine rings is 1. The molecule has 4 aromatic heterocycles. The third-order valence-electron chi connectivity index (χ3n) is 11.1. The van der Waals surface area contributed by atoms with Crippen LogP contribution in [0.1, 0.15) is 90.0 Å². The first-order valence-corrected chi connectivity index (χ1v) is 20.5. The number of imidazole rings is 1. The summed E-state index contributed by atoms with van der Waals surface area (Å²) >= 11 is 0. The Morgan fingerprint density at radius 3 is 2.61 bits per heavy atom. The summed E-state index contributed by atoms with van der Waals surface area (Å²) in [7, 11) is 1.70. The van der Waals surface area contributed by atoms with E-state index in [0.29, 0.717) is 36.6 Å². The molecule has 62 heavy (non-hydrogen) atoms. The predicted molar refractivity (Wildman–Crippen MR) is 219 cm³/mol. The third-order valence-corrected chi connectivity index (χ3v) is 11.1. The Hall–Kier alpha value is -6.35. The van der Waals surface area contributed by atoms with Gasteiger partial charge >= 0.3 is 11.9 Å². The van der Waals surface area contributed by atoms with Gasteiger partial charge in [0.1, 0.15) is 24.7 Å². The van der Waals surface area contributed by atoms with Gasteiger partial charge in [0.25, 0.3) is 11.8 Å². The van der Waals surface area contributed by atoms with Gasteiger partial charge in [-0.1, -0.05) is 12.1 Å². The lowest BCUT2D eigenvalue weighted by atomic mass is 9.86. The number of nitrogens with one attached hydrogen (secondary N) is 4. The van der Waals surface area contributed by atoms with Crippen LogP contribution in [-0.4, -0.2) is 91.5 Å². The van der Waals surface area contributed by atoms with Gasteiger partial charge in [-0.05, 0) is 94.1 Å². The average Bonchev–Trinajstić information content (AvgIpc) is 3.97. The zero-order chi connectivity index (χ0) is 44.0. The maximum atomic E-state index is 13.2. The summed E-state index contributed by atoms with van der Waals surface area (Å²) in [5, 5.41) is 15.1. The molecule has 4 amide bonds. The molecule has 0 spiro atoms. The fourth-order valence-corrected chi connectivity index (χ4v) is 8.04. The van der Waals surface area contributed by atoms with Gasteiger partial charge in [-0.2, -0.15) is 18.3 Å². The summed E-state index contributed by atoms with van der Waals surface area (Å²) in [6.45, 7) is 1.54. The van der Waals surface area contributed by atoms with Crippen LogP contribution in [0.15, 0.2) is 58.2 Å². The predicted octanol–water partition coefficient (Wildman–Crippen LogP) is 4.25. The van der Waals surface area contributed by atoms with Gasteiger partial charge in [-0.15, -0.1) is 0 Å². The van der Waals surface area contributed by atoms with E-state index in [2.05, 4.69) is 36.3 Å². The number of oxazole rings is 1. The van der Waals surface area contributed by atoms with Crippen molar-refractivity contribution < 1.29 is 41.5 Å². The van der Waals surface area contributed by atoms with E-state index in [9.17, 15) is 37.1 Å². The summed E-state index contributed by atoms with van der Waals surface area (Å²) in [6.07, 6.45) is 5.77. The van der Waals surface area contributed by atoms with Crippen LogP contribution < -0.4 is 32.7 Å². The molecule has 1 saturated heterocycles. The first-order chi connectivity index (χ1) is 29.8. The number of primary amides is 1. The van der Waals surface area contributed by atoms with Gasteiger partial charge in [0.2, 0.25) is 17.7 Å². The SMILES string of the molecule is Cn1c(=O)n(C2CCC(=O)NC2=O)c2cccc(CCCOCCCNC[C@H]3CC[C@H](n4cc(NC(=O)c5coc(-c6ccnc(NCC(F)(F)F)c6)n5)c(C(N)=O)n4)CC3)c21. The van der Waals surface area contributed by atoms with Crippen molar-refractivity contribution in [3.05, 3.63) is 76.4 Å². The highest BCUT2D eigenvalue weighted by atomic mass is 19.4. The second-order valence-electron chi connectivity index (χ2n) is 15.5. The molecule has 21 heteroatoms. The van der Waals surface area contributed by atoms with E-state index in [4.69, 9.17) is 14.9 Å². The van der Waals surface area contributed by atoms with E-state index < -0.39 is 36.5 Å². The van der Waals surface area contributed by atoms with Gasteiger partial charge in [-0.25, -0.2) is 14.8 Å². The van der Waals surface area contributed by atoms with Gasteiger partial charge in [-0.3, -0.25) is 38.3 Å². The van der Waals surface area contributed by atoms with Crippen LogP contribution in [0, 0.1) is 5.92 Å². The molecule has 1 unspecified atom stereocenters. The van der Waals surface area contributed by atoms with Crippen LogP contribution in [0.3, 0.4) is 0 Å². The summed E-state index contributed by atoms with van der Waals surface area (Å²) in [4.78, 5) is 70.8. The molecule has 0 bridgehead atoms. The maximum Gasteiger partial charge on any atom is 0.405 e. The first kappa shape index (κ1) is 43.7. The van der Waals surface area contributed by atoms with Crippen molar-refractivity contribution in [1.82, 2.24) is 39.5 Å². The number of benzene rings is 1. The number of hydrogen-bond donors (Lipinski definition) is 5. The minimum absolute atomic E-state index is 0.00370. The second-order valence-corrected chi connectivity index (χ2v) is 15.5. The van der Waals surface area contributed by atoms with Crippen LogP contribution in [0.4, 0.5) is 24.7 Å². The number of rotatable bonds is 18. The Bertz CT molecular complexity index is 2480. The molecule has 330 valence electrons. The zero-order valence-electron chi connectivity index (χ0n) is 34.0. The van der Waals surface area contributed by atoms with E-state index in [1.165, 1.54) is 22.9 Å². The number of anilines is 2. The van der Waals surface area contributed by atoms with Crippen LogP contribution in [0.25, 0.3) is 22.5 Å². The molecular formula is C41H48F3N11O7. The van der Waals surface area contributed by atoms with Crippen LogP contribution >= 0.6 is 0 Å². The Kier molecular flexibility index (Phi) is 13.5. The molecule has 1 atom stereocenters. The lowest BCUT2D eigenvalue weighted by molar-refractivity contribution is -0.135. The highest BCUT2D eigenvalue weighted by Crippen LogP contribution is 2.33. The number of carbonyl (C=O) groups is 4. The zero-order valence-corrected chi connectivity index (χ0v) is 34.0. The Balaban J connectivity index is 0.812. The van der Waals surface area contributed by atoms with Crippen molar-refractivity contribution in [3.8, 4) is 11.5 Å². The number of aromatic nitrogens is 6. The first-order valence-electron chi connectivity index (χ1n) is 20.5. The Labute approximate surface area is 352 Å². The summed E-state index contributed by atoms with van der Waals surface area (Å²) in [5.74, 6) is -1.91. The number of piperidine rings is 1. The number of aryl methyl sites for hydroxylation is 2. The van der Waals surface area contributed by atoms with Gasteiger partial charge in [0.15, 0.2) is 11.4 Å². The molecule has 1 saturated carbocycles. The van der Waals surface area contributed by atoms with Crippen molar-refractivity contribution in [2.24, 2.45) is 18.7 Å². The van der Waals surface area contributed by atoms with Crippen molar-refractivity contribution in [1.29, 1.82) is 0 Å². The van der Waals surface area contributed by atoms with E-state index >= 15 is 0 Å². The highest BCUT2D eigenvalue weighted by molar-refractivity contribution is 6.07. The van der Waals surface area contributed by atoms with Crippen LogP contribution in [-0.2, 0) is 27.8 Å². The molecule has 18 nitrogen and oxygen atoms in total. The molecular weight excluding hydrogens is 816 g/mol. The smallest absolute Gasteiger partial charge is 0.405 e. The second kappa shape index (κ2) is 19.1. The van der Waals surface area contributed by atoms with E-state index in [1.54, 1.807) is 22.5 Å². The van der Waals surface area contributed by atoms with Crippen molar-refractivity contribution in [2.45, 2.75) is 76.0 Å². The summed E-state index contributed by atoms with van der Waals surface area (Å²) < 4.78 is 53.9. The van der Waals surface area contributed by atoms with E-state index in [0.717, 1.165) is 69.0 Å². The quantitative estimate of drug-likeness (QED) is 0.0615. The Morgan fingerprint density at radius 2 is 1.85 bits per heavy atom.